The Morgan fingerprint density at radius 2 is 1.93 bits per heavy atom. The maximum absolute atomic E-state index is 12.6. The number of rotatable bonds is 7. The Kier molecular flexibility index (Phi) is 8.89. The fourth-order valence-corrected chi connectivity index (χ4v) is 4.59. The van der Waals surface area contributed by atoms with Crippen LogP contribution in [0, 0.1) is 0 Å². The number of likely N-dealkylation sites (tertiary alicyclic amines) is 1. The third-order valence-corrected chi connectivity index (χ3v) is 5.96. The molecular formula is C20H34ClN5O3. The van der Waals surface area contributed by atoms with Crippen LogP contribution in [-0.4, -0.2) is 53.0 Å². The number of aromatic nitrogens is 2. The van der Waals surface area contributed by atoms with E-state index in [1.807, 2.05) is 11.9 Å². The van der Waals surface area contributed by atoms with Gasteiger partial charge in [0.25, 0.3) is 0 Å². The van der Waals surface area contributed by atoms with E-state index in [0.29, 0.717) is 24.6 Å². The molecule has 0 aromatic carbocycles. The maximum Gasteiger partial charge on any atom is 0.227 e. The lowest BCUT2D eigenvalue weighted by Crippen LogP contribution is -2.45. The van der Waals surface area contributed by atoms with Crippen LogP contribution in [0.15, 0.2) is 4.52 Å². The van der Waals surface area contributed by atoms with Gasteiger partial charge in [0.1, 0.15) is 5.54 Å². The smallest absolute Gasteiger partial charge is 0.227 e. The third-order valence-electron chi connectivity index (χ3n) is 5.96. The van der Waals surface area contributed by atoms with Gasteiger partial charge in [-0.15, -0.1) is 12.4 Å². The molecule has 2 heterocycles. The molecule has 0 radical (unpaired) electrons. The number of carbonyl (C=O) groups is 2. The molecule has 0 spiro atoms. The average molecular weight is 428 g/mol. The molecule has 1 aromatic heterocycles. The number of halogens is 1. The summed E-state index contributed by atoms with van der Waals surface area (Å²) >= 11 is 0. The third kappa shape index (κ3) is 5.92. The molecule has 1 unspecified atom stereocenters. The van der Waals surface area contributed by atoms with Crippen molar-refractivity contribution < 1.29 is 14.1 Å². The number of nitrogens with zero attached hydrogens (tertiary/aromatic N) is 3. The number of carbonyl (C=O) groups excluding carboxylic acids is 2. The Hall–Kier alpha value is -1.67. The topological polar surface area (TPSA) is 100 Å². The van der Waals surface area contributed by atoms with E-state index in [1.165, 1.54) is 6.92 Å². The van der Waals surface area contributed by atoms with Crippen molar-refractivity contribution in [2.45, 2.75) is 82.7 Å². The van der Waals surface area contributed by atoms with Crippen molar-refractivity contribution >= 4 is 24.2 Å². The van der Waals surface area contributed by atoms with Crippen LogP contribution >= 0.6 is 12.4 Å². The molecular weight excluding hydrogens is 394 g/mol. The summed E-state index contributed by atoms with van der Waals surface area (Å²) in [6.07, 6.45) is 8.94. The number of hydrogen-bond acceptors (Lipinski definition) is 6. The van der Waals surface area contributed by atoms with Crippen LogP contribution < -0.4 is 10.6 Å². The van der Waals surface area contributed by atoms with Gasteiger partial charge < -0.3 is 20.1 Å². The van der Waals surface area contributed by atoms with E-state index in [4.69, 9.17) is 4.52 Å². The van der Waals surface area contributed by atoms with E-state index < -0.39 is 5.54 Å². The summed E-state index contributed by atoms with van der Waals surface area (Å²) in [6, 6.07) is 0.282. The van der Waals surface area contributed by atoms with Gasteiger partial charge in [0.05, 0.1) is 0 Å². The van der Waals surface area contributed by atoms with Gasteiger partial charge in [0.15, 0.2) is 5.82 Å². The Balaban J connectivity index is 0.00000300. The van der Waals surface area contributed by atoms with Crippen molar-refractivity contribution in [2.24, 2.45) is 0 Å². The van der Waals surface area contributed by atoms with Gasteiger partial charge in [0.2, 0.25) is 17.7 Å². The van der Waals surface area contributed by atoms with Crippen molar-refractivity contribution in [1.82, 2.24) is 25.7 Å². The van der Waals surface area contributed by atoms with Gasteiger partial charge in [0, 0.05) is 38.9 Å². The monoisotopic (exact) mass is 427 g/mol. The van der Waals surface area contributed by atoms with Crippen LogP contribution in [0.5, 0.6) is 0 Å². The summed E-state index contributed by atoms with van der Waals surface area (Å²) in [5.74, 6) is 1.10. The SMILES string of the molecule is CNCC1CCCN1C(=O)CCc1nc(C2(NC(C)=O)CCCCCC2)no1.Cl. The molecule has 3 rings (SSSR count). The van der Waals surface area contributed by atoms with Gasteiger partial charge in [-0.05, 0) is 32.7 Å². The highest BCUT2D eigenvalue weighted by Gasteiger charge is 2.38. The predicted molar refractivity (Wildman–Crippen MR) is 112 cm³/mol. The van der Waals surface area contributed by atoms with Crippen LogP contribution in [0.25, 0.3) is 0 Å². The minimum atomic E-state index is -0.541. The van der Waals surface area contributed by atoms with Crippen molar-refractivity contribution in [3.8, 4) is 0 Å². The Morgan fingerprint density at radius 3 is 2.59 bits per heavy atom. The molecule has 2 fully saturated rings. The summed E-state index contributed by atoms with van der Waals surface area (Å²) < 4.78 is 5.46. The van der Waals surface area contributed by atoms with Gasteiger partial charge in [-0.1, -0.05) is 30.8 Å². The molecule has 1 saturated heterocycles. The van der Waals surface area contributed by atoms with Gasteiger partial charge >= 0.3 is 0 Å². The van der Waals surface area contributed by atoms with E-state index in [-0.39, 0.29) is 30.3 Å². The zero-order valence-electron chi connectivity index (χ0n) is 17.5. The van der Waals surface area contributed by atoms with Crippen LogP contribution in [0.2, 0.25) is 0 Å². The van der Waals surface area contributed by atoms with E-state index in [2.05, 4.69) is 20.8 Å². The Labute approximate surface area is 179 Å². The fraction of sp³-hybridized carbons (Fsp3) is 0.800. The molecule has 29 heavy (non-hydrogen) atoms. The number of likely N-dealkylation sites (N-methyl/N-ethyl adjacent to an activating group) is 1. The van der Waals surface area contributed by atoms with Crippen molar-refractivity contribution in [3.05, 3.63) is 11.7 Å². The number of nitrogens with one attached hydrogen (secondary N) is 2. The molecule has 8 nitrogen and oxygen atoms in total. The molecule has 1 saturated carbocycles. The van der Waals surface area contributed by atoms with E-state index in [9.17, 15) is 9.59 Å². The van der Waals surface area contributed by atoms with E-state index >= 15 is 0 Å². The second kappa shape index (κ2) is 10.9. The van der Waals surface area contributed by atoms with E-state index in [1.54, 1.807) is 0 Å². The second-order valence-electron chi connectivity index (χ2n) is 8.13. The standard InChI is InChI=1S/C20H33N5O3.ClH/c1-15(26)23-20(11-5-3-4-6-12-20)19-22-17(28-24-19)9-10-18(27)25-13-7-8-16(25)14-21-2;/h16,21H,3-14H2,1-2H3,(H,23,26);1H. The number of hydrogen-bond donors (Lipinski definition) is 2. The molecule has 1 aliphatic heterocycles. The zero-order valence-corrected chi connectivity index (χ0v) is 18.4. The minimum Gasteiger partial charge on any atom is -0.343 e. The second-order valence-corrected chi connectivity index (χ2v) is 8.13. The highest BCUT2D eigenvalue weighted by atomic mass is 35.5. The summed E-state index contributed by atoms with van der Waals surface area (Å²) in [5.41, 5.74) is -0.541. The summed E-state index contributed by atoms with van der Waals surface area (Å²) in [7, 11) is 1.92. The summed E-state index contributed by atoms with van der Waals surface area (Å²) in [6.45, 7) is 3.19. The number of amides is 2. The van der Waals surface area contributed by atoms with Crippen LogP contribution in [0.3, 0.4) is 0 Å². The maximum atomic E-state index is 12.6. The normalized spacial score (nSPS) is 21.3. The quantitative estimate of drug-likeness (QED) is 0.647. The molecule has 164 valence electrons. The average Bonchev–Trinajstić information content (AvgIpc) is 3.26. The fourth-order valence-electron chi connectivity index (χ4n) is 4.59. The first kappa shape index (κ1) is 23.6. The van der Waals surface area contributed by atoms with Crippen molar-refractivity contribution in [1.29, 1.82) is 0 Å². The van der Waals surface area contributed by atoms with Crippen LogP contribution in [0.1, 0.15) is 76.4 Å². The summed E-state index contributed by atoms with van der Waals surface area (Å²) in [5, 5.41) is 10.4. The Morgan fingerprint density at radius 1 is 1.21 bits per heavy atom. The predicted octanol–water partition coefficient (Wildman–Crippen LogP) is 2.32. The molecule has 2 N–H and O–H groups in total. The van der Waals surface area contributed by atoms with Crippen molar-refractivity contribution in [2.75, 3.05) is 20.1 Å². The van der Waals surface area contributed by atoms with Gasteiger partial charge in [-0.2, -0.15) is 4.98 Å². The zero-order chi connectivity index (χ0) is 20.0. The minimum absolute atomic E-state index is 0. The largest absolute Gasteiger partial charge is 0.343 e. The lowest BCUT2D eigenvalue weighted by molar-refractivity contribution is -0.132. The van der Waals surface area contributed by atoms with Gasteiger partial charge in [-0.25, -0.2) is 0 Å². The molecule has 2 amide bonds. The van der Waals surface area contributed by atoms with Crippen molar-refractivity contribution in [3.63, 3.8) is 0 Å². The van der Waals surface area contributed by atoms with Crippen LogP contribution in [-0.2, 0) is 21.5 Å². The van der Waals surface area contributed by atoms with E-state index in [0.717, 1.165) is 64.5 Å². The molecule has 2 aliphatic rings. The first-order valence-electron chi connectivity index (χ1n) is 10.6. The first-order valence-corrected chi connectivity index (χ1v) is 10.6. The lowest BCUT2D eigenvalue weighted by Gasteiger charge is -2.30. The van der Waals surface area contributed by atoms with Crippen LogP contribution in [0.4, 0.5) is 0 Å². The molecule has 1 atom stereocenters. The lowest BCUT2D eigenvalue weighted by atomic mass is 9.89. The molecule has 1 aromatic rings. The molecule has 1 aliphatic carbocycles. The molecule has 9 heteroatoms. The highest BCUT2D eigenvalue weighted by Crippen LogP contribution is 2.34. The first-order chi connectivity index (χ1) is 13.5. The highest BCUT2D eigenvalue weighted by molar-refractivity contribution is 5.85. The molecule has 0 bridgehead atoms. The summed E-state index contributed by atoms with van der Waals surface area (Å²) in [4.78, 5) is 31.0. The Bertz CT molecular complexity index is 673. The number of aryl methyl sites for hydroxylation is 1. The van der Waals surface area contributed by atoms with Gasteiger partial charge in [-0.3, -0.25) is 9.59 Å².